The van der Waals surface area contributed by atoms with Crippen LogP contribution in [0.5, 0.6) is 0 Å². The minimum Gasteiger partial charge on any atom is -0.316 e. The quantitative estimate of drug-likeness (QED) is 0.590. The molecule has 0 saturated heterocycles. The van der Waals surface area contributed by atoms with E-state index in [2.05, 4.69) is 29.4 Å². The summed E-state index contributed by atoms with van der Waals surface area (Å²) in [4.78, 5) is 0. The summed E-state index contributed by atoms with van der Waals surface area (Å²) in [6.07, 6.45) is 11.4. The van der Waals surface area contributed by atoms with E-state index in [1.807, 2.05) is 0 Å². The smallest absolute Gasteiger partial charge is 0.118 e. The van der Waals surface area contributed by atoms with Gasteiger partial charge in [-0.3, -0.25) is 0 Å². The van der Waals surface area contributed by atoms with Crippen molar-refractivity contribution in [3.63, 3.8) is 0 Å². The van der Waals surface area contributed by atoms with Crippen LogP contribution in [0.4, 0.5) is 0 Å². The van der Waals surface area contributed by atoms with E-state index in [9.17, 15) is 0 Å². The molecule has 3 nitrogen and oxygen atoms in total. The van der Waals surface area contributed by atoms with Gasteiger partial charge >= 0.3 is 0 Å². The number of aryl methyl sites for hydroxylation is 1. The molecule has 1 heterocycles. The van der Waals surface area contributed by atoms with Crippen LogP contribution in [0.3, 0.4) is 0 Å². The molecule has 0 aliphatic carbocycles. The van der Waals surface area contributed by atoms with E-state index < -0.39 is 0 Å². The van der Waals surface area contributed by atoms with Crippen LogP contribution in [-0.4, -0.2) is 23.3 Å². The largest absolute Gasteiger partial charge is 0.316 e. The first-order valence-electron chi connectivity index (χ1n) is 7.88. The summed E-state index contributed by atoms with van der Waals surface area (Å²) in [5.41, 5.74) is 0. The molecule has 19 heavy (non-hydrogen) atoms. The number of nitrogens with one attached hydrogen (secondary N) is 1. The molecule has 0 saturated carbocycles. The molecule has 1 N–H and O–H groups in total. The first kappa shape index (κ1) is 16.6. The Morgan fingerprint density at radius 2 is 1.47 bits per heavy atom. The lowest BCUT2D eigenvalue weighted by atomic mass is 10.1. The van der Waals surface area contributed by atoms with E-state index >= 15 is 0 Å². The van der Waals surface area contributed by atoms with Crippen LogP contribution in [0.1, 0.15) is 68.8 Å². The predicted molar refractivity (Wildman–Crippen MR) is 83.9 cm³/mol. The zero-order valence-corrected chi connectivity index (χ0v) is 13.4. The Morgan fingerprint density at radius 1 is 0.789 bits per heavy atom. The van der Waals surface area contributed by atoms with Crippen molar-refractivity contribution < 1.29 is 0 Å². The van der Waals surface area contributed by atoms with Crippen LogP contribution >= 0.6 is 11.3 Å². The average Bonchev–Trinajstić information content (AvgIpc) is 2.87. The molecule has 0 amide bonds. The van der Waals surface area contributed by atoms with Crippen LogP contribution in [0, 0.1) is 0 Å². The summed E-state index contributed by atoms with van der Waals surface area (Å²) in [7, 11) is 0. The van der Waals surface area contributed by atoms with Crippen LogP contribution in [0.15, 0.2) is 0 Å². The Balaban J connectivity index is 2.06. The Kier molecular flexibility index (Phi) is 9.91. The molecule has 1 aromatic heterocycles. The lowest BCUT2D eigenvalue weighted by Gasteiger charge is -1.99. The van der Waals surface area contributed by atoms with Gasteiger partial charge in [0.2, 0.25) is 0 Å². The highest BCUT2D eigenvalue weighted by Gasteiger charge is 2.03. The Labute approximate surface area is 122 Å². The van der Waals surface area contributed by atoms with E-state index in [1.54, 1.807) is 11.3 Å². The van der Waals surface area contributed by atoms with Crippen LogP contribution in [-0.2, 0) is 12.8 Å². The number of hydrogen-bond acceptors (Lipinski definition) is 4. The van der Waals surface area contributed by atoms with Gasteiger partial charge in [0.1, 0.15) is 10.0 Å². The molecule has 0 spiro atoms. The van der Waals surface area contributed by atoms with Crippen molar-refractivity contribution in [2.24, 2.45) is 0 Å². The standard InChI is InChI=1S/C15H29N3S/c1-3-5-6-7-8-9-10-14-17-18-15(19-14)11-13-16-12-4-2/h16H,3-13H2,1-2H3. The van der Waals surface area contributed by atoms with Crippen LogP contribution in [0.25, 0.3) is 0 Å². The second kappa shape index (κ2) is 11.4. The summed E-state index contributed by atoms with van der Waals surface area (Å²) in [5.74, 6) is 0. The maximum atomic E-state index is 4.29. The van der Waals surface area contributed by atoms with Crippen molar-refractivity contribution in [3.8, 4) is 0 Å². The van der Waals surface area contributed by atoms with E-state index in [0.717, 1.165) is 25.9 Å². The molecule has 0 aromatic carbocycles. The van der Waals surface area contributed by atoms with Crippen LogP contribution in [0.2, 0.25) is 0 Å². The first-order valence-corrected chi connectivity index (χ1v) is 8.70. The van der Waals surface area contributed by atoms with Gasteiger partial charge in [-0.25, -0.2) is 0 Å². The molecular weight excluding hydrogens is 254 g/mol. The fourth-order valence-electron chi connectivity index (χ4n) is 2.04. The lowest BCUT2D eigenvalue weighted by Crippen LogP contribution is -2.17. The van der Waals surface area contributed by atoms with Gasteiger partial charge in [-0.1, -0.05) is 46.0 Å². The van der Waals surface area contributed by atoms with E-state index in [1.165, 1.54) is 55.0 Å². The summed E-state index contributed by atoms with van der Waals surface area (Å²) < 4.78 is 0. The van der Waals surface area contributed by atoms with Crippen molar-refractivity contribution in [3.05, 3.63) is 10.0 Å². The van der Waals surface area contributed by atoms with Gasteiger partial charge < -0.3 is 5.32 Å². The van der Waals surface area contributed by atoms with Gasteiger partial charge in [-0.2, -0.15) is 0 Å². The third-order valence-electron chi connectivity index (χ3n) is 3.20. The highest BCUT2D eigenvalue weighted by molar-refractivity contribution is 7.11. The monoisotopic (exact) mass is 283 g/mol. The van der Waals surface area contributed by atoms with Gasteiger partial charge in [0.15, 0.2) is 0 Å². The minimum absolute atomic E-state index is 1.02. The maximum absolute atomic E-state index is 4.29. The Morgan fingerprint density at radius 3 is 2.21 bits per heavy atom. The van der Waals surface area contributed by atoms with Gasteiger partial charge in [0.05, 0.1) is 0 Å². The topological polar surface area (TPSA) is 37.8 Å². The highest BCUT2D eigenvalue weighted by atomic mass is 32.1. The van der Waals surface area contributed by atoms with Crippen molar-refractivity contribution in [2.75, 3.05) is 13.1 Å². The number of unbranched alkanes of at least 4 members (excludes halogenated alkanes) is 5. The second-order valence-corrected chi connectivity index (χ2v) is 6.25. The molecule has 0 unspecified atom stereocenters. The second-order valence-electron chi connectivity index (χ2n) is 5.11. The SMILES string of the molecule is CCCCCCCCc1nnc(CCNCCC)s1. The molecule has 1 rings (SSSR count). The van der Waals surface area contributed by atoms with E-state index in [-0.39, 0.29) is 0 Å². The summed E-state index contributed by atoms with van der Waals surface area (Å²) in [6, 6.07) is 0. The zero-order valence-electron chi connectivity index (χ0n) is 12.6. The third kappa shape index (κ3) is 8.32. The van der Waals surface area contributed by atoms with Gasteiger partial charge in [-0.15, -0.1) is 21.5 Å². The molecule has 110 valence electrons. The molecule has 0 fully saturated rings. The first-order chi connectivity index (χ1) is 9.36. The molecule has 0 atom stereocenters. The molecule has 0 aliphatic heterocycles. The number of nitrogens with zero attached hydrogens (tertiary/aromatic N) is 2. The maximum Gasteiger partial charge on any atom is 0.118 e. The predicted octanol–water partition coefficient (Wildman–Crippen LogP) is 3.98. The molecule has 4 heteroatoms. The molecule has 0 bridgehead atoms. The fourth-order valence-corrected chi connectivity index (χ4v) is 2.93. The van der Waals surface area contributed by atoms with Crippen molar-refractivity contribution >= 4 is 11.3 Å². The summed E-state index contributed by atoms with van der Waals surface area (Å²) >= 11 is 1.80. The number of rotatable bonds is 12. The lowest BCUT2D eigenvalue weighted by molar-refractivity contribution is 0.606. The van der Waals surface area contributed by atoms with Gasteiger partial charge in [0, 0.05) is 19.4 Å². The highest BCUT2D eigenvalue weighted by Crippen LogP contribution is 2.14. The van der Waals surface area contributed by atoms with E-state index in [0.29, 0.717) is 0 Å². The fraction of sp³-hybridized carbons (Fsp3) is 0.867. The summed E-state index contributed by atoms with van der Waals surface area (Å²) in [5, 5.41) is 14.4. The van der Waals surface area contributed by atoms with E-state index in [4.69, 9.17) is 0 Å². The molecule has 1 aromatic rings. The minimum atomic E-state index is 1.02. The molecule has 0 radical (unpaired) electrons. The number of hydrogen-bond donors (Lipinski definition) is 1. The average molecular weight is 283 g/mol. The molecule has 0 aliphatic rings. The normalized spacial score (nSPS) is 11.1. The van der Waals surface area contributed by atoms with Gasteiger partial charge in [0.25, 0.3) is 0 Å². The third-order valence-corrected chi connectivity index (χ3v) is 4.24. The number of aromatic nitrogens is 2. The van der Waals surface area contributed by atoms with Crippen molar-refractivity contribution in [2.45, 2.75) is 71.6 Å². The Hall–Kier alpha value is -0.480. The zero-order chi connectivity index (χ0) is 13.8. The van der Waals surface area contributed by atoms with Crippen molar-refractivity contribution in [1.29, 1.82) is 0 Å². The summed E-state index contributed by atoms with van der Waals surface area (Å²) in [6.45, 7) is 6.58. The van der Waals surface area contributed by atoms with Gasteiger partial charge in [-0.05, 0) is 19.4 Å². The van der Waals surface area contributed by atoms with Crippen LogP contribution < -0.4 is 5.32 Å². The molecular formula is C15H29N3S. The Bertz CT molecular complexity index is 312. The van der Waals surface area contributed by atoms with Crippen molar-refractivity contribution in [1.82, 2.24) is 15.5 Å².